The first kappa shape index (κ1) is 9.78. The van der Waals surface area contributed by atoms with Crippen LogP contribution in [0.2, 0.25) is 0 Å². The fourth-order valence-electron chi connectivity index (χ4n) is 2.87. The minimum Gasteiger partial charge on any atom is -0.478 e. The molecule has 1 saturated carbocycles. The van der Waals surface area contributed by atoms with Crippen LogP contribution < -0.4 is 5.32 Å². The highest BCUT2D eigenvalue weighted by Crippen LogP contribution is 2.57. The van der Waals surface area contributed by atoms with E-state index < -0.39 is 5.97 Å². The zero-order valence-electron chi connectivity index (χ0n) is 8.86. The number of hydrogen-bond acceptors (Lipinski definition) is 3. The molecule has 1 aromatic rings. The molecular weight excluding hydrogens is 204 g/mol. The van der Waals surface area contributed by atoms with Gasteiger partial charge in [-0.15, -0.1) is 0 Å². The van der Waals surface area contributed by atoms with Gasteiger partial charge in [-0.3, -0.25) is 4.98 Å². The van der Waals surface area contributed by atoms with Crippen LogP contribution in [0.4, 0.5) is 0 Å². The minimum atomic E-state index is -0.876. The second kappa shape index (κ2) is 3.28. The highest BCUT2D eigenvalue weighted by atomic mass is 16.4. The summed E-state index contributed by atoms with van der Waals surface area (Å²) in [4.78, 5) is 15.1. The number of fused-ring (bicyclic) bond motifs is 1. The lowest BCUT2D eigenvalue weighted by Gasteiger charge is -2.24. The Morgan fingerprint density at radius 2 is 2.56 bits per heavy atom. The summed E-state index contributed by atoms with van der Waals surface area (Å²) in [7, 11) is 0. The van der Waals surface area contributed by atoms with Gasteiger partial charge in [0.05, 0.1) is 11.8 Å². The summed E-state index contributed by atoms with van der Waals surface area (Å²) in [6.07, 6.45) is 6.60. The molecule has 1 aliphatic heterocycles. The van der Waals surface area contributed by atoms with E-state index in [9.17, 15) is 4.79 Å². The zero-order valence-corrected chi connectivity index (χ0v) is 8.86. The lowest BCUT2D eigenvalue weighted by atomic mass is 9.88. The standard InChI is InChI=1S/C12H13N2O2/c15-11(16)9-2-4-13-6-10(9)12-5-8(12)1-3-14-7-12/h2,4,8,14H,1,3,5,7H2,(H,15,16). The van der Waals surface area contributed by atoms with Gasteiger partial charge in [0, 0.05) is 23.7 Å². The highest BCUT2D eigenvalue weighted by Gasteiger charge is 2.57. The van der Waals surface area contributed by atoms with E-state index in [1.807, 2.05) is 0 Å². The molecule has 83 valence electrons. The summed E-state index contributed by atoms with van der Waals surface area (Å²) in [5, 5.41) is 12.5. The Hall–Kier alpha value is -1.42. The fraction of sp³-hybridized carbons (Fsp3) is 0.500. The number of hydrogen-bond donors (Lipinski definition) is 2. The van der Waals surface area contributed by atoms with Gasteiger partial charge >= 0.3 is 5.97 Å². The van der Waals surface area contributed by atoms with E-state index in [1.165, 1.54) is 6.20 Å². The Balaban J connectivity index is 2.04. The third-order valence-corrected chi connectivity index (χ3v) is 3.83. The van der Waals surface area contributed by atoms with E-state index in [1.54, 1.807) is 6.07 Å². The molecule has 0 bridgehead atoms. The molecule has 2 N–H and O–H groups in total. The molecule has 2 heterocycles. The normalized spacial score (nSPS) is 31.9. The van der Waals surface area contributed by atoms with Crippen LogP contribution in [0.15, 0.2) is 12.3 Å². The summed E-state index contributed by atoms with van der Waals surface area (Å²) in [6, 6.07) is 1.58. The molecule has 3 rings (SSSR count). The third kappa shape index (κ3) is 1.26. The molecule has 4 heteroatoms. The Kier molecular flexibility index (Phi) is 2.01. The largest absolute Gasteiger partial charge is 0.478 e. The van der Waals surface area contributed by atoms with Crippen molar-refractivity contribution in [3.05, 3.63) is 29.6 Å². The van der Waals surface area contributed by atoms with Gasteiger partial charge in [-0.2, -0.15) is 0 Å². The molecule has 1 saturated heterocycles. The van der Waals surface area contributed by atoms with Gasteiger partial charge in [-0.25, -0.2) is 4.79 Å². The molecule has 0 aromatic carbocycles. The predicted octanol–water partition coefficient (Wildman–Crippen LogP) is 0.831. The fourth-order valence-corrected chi connectivity index (χ4v) is 2.87. The number of carbonyl (C=O) groups is 1. The summed E-state index contributed by atoms with van der Waals surface area (Å²) < 4.78 is 0. The Bertz CT molecular complexity index is 446. The van der Waals surface area contributed by atoms with Crippen LogP contribution >= 0.6 is 0 Å². The molecule has 16 heavy (non-hydrogen) atoms. The number of pyridine rings is 1. The number of carboxylic acids is 1. The summed E-state index contributed by atoms with van der Waals surface area (Å²) in [5.74, 6) is -0.258. The Morgan fingerprint density at radius 3 is 3.31 bits per heavy atom. The topological polar surface area (TPSA) is 62.2 Å². The molecule has 2 atom stereocenters. The summed E-state index contributed by atoms with van der Waals surface area (Å²) in [5.41, 5.74) is 1.15. The van der Waals surface area contributed by atoms with Gasteiger partial charge in [-0.1, -0.05) is 0 Å². The van der Waals surface area contributed by atoms with Gasteiger partial charge in [0.15, 0.2) is 0 Å². The van der Waals surface area contributed by atoms with E-state index in [-0.39, 0.29) is 5.41 Å². The summed E-state index contributed by atoms with van der Waals surface area (Å²) >= 11 is 0. The van der Waals surface area contributed by atoms with Crippen molar-refractivity contribution < 1.29 is 9.90 Å². The second-order valence-electron chi connectivity index (χ2n) is 4.67. The van der Waals surface area contributed by atoms with Gasteiger partial charge < -0.3 is 10.4 Å². The monoisotopic (exact) mass is 217 g/mol. The SMILES string of the molecule is O=C(O)c1ccn[c]c1C12CNCCC1C2. The van der Waals surface area contributed by atoms with E-state index >= 15 is 0 Å². The summed E-state index contributed by atoms with van der Waals surface area (Å²) in [6.45, 7) is 1.90. The number of aromatic nitrogens is 1. The van der Waals surface area contributed by atoms with Crippen molar-refractivity contribution in [3.8, 4) is 0 Å². The highest BCUT2D eigenvalue weighted by molar-refractivity contribution is 5.89. The van der Waals surface area contributed by atoms with Gasteiger partial charge in [0.1, 0.15) is 0 Å². The molecule has 2 fully saturated rings. The van der Waals surface area contributed by atoms with Crippen LogP contribution in [0.25, 0.3) is 0 Å². The van der Waals surface area contributed by atoms with Crippen molar-refractivity contribution in [2.75, 3.05) is 13.1 Å². The molecular formula is C12H13N2O2. The molecule has 0 spiro atoms. The number of nitrogens with one attached hydrogen (secondary N) is 1. The number of aromatic carboxylic acids is 1. The molecule has 1 radical (unpaired) electrons. The van der Waals surface area contributed by atoms with Crippen molar-refractivity contribution in [2.24, 2.45) is 5.92 Å². The van der Waals surface area contributed by atoms with Crippen LogP contribution in [0.1, 0.15) is 28.8 Å². The van der Waals surface area contributed by atoms with Gasteiger partial charge in [0.2, 0.25) is 0 Å². The average Bonchev–Trinajstić information content (AvgIpc) is 3.04. The van der Waals surface area contributed by atoms with Crippen molar-refractivity contribution in [2.45, 2.75) is 18.3 Å². The smallest absolute Gasteiger partial charge is 0.336 e. The molecule has 1 aliphatic carbocycles. The first-order valence-electron chi connectivity index (χ1n) is 5.55. The molecule has 1 aromatic heterocycles. The van der Waals surface area contributed by atoms with Crippen LogP contribution in [0, 0.1) is 12.1 Å². The van der Waals surface area contributed by atoms with Gasteiger partial charge in [-0.05, 0) is 31.4 Å². The first-order valence-corrected chi connectivity index (χ1v) is 5.55. The molecule has 2 unspecified atom stereocenters. The maximum atomic E-state index is 11.2. The van der Waals surface area contributed by atoms with E-state index in [2.05, 4.69) is 16.5 Å². The number of piperidine rings is 1. The molecule has 4 nitrogen and oxygen atoms in total. The zero-order chi connectivity index (χ0) is 11.2. The van der Waals surface area contributed by atoms with Crippen LogP contribution in [0.3, 0.4) is 0 Å². The Labute approximate surface area is 93.7 Å². The van der Waals surface area contributed by atoms with E-state index in [0.717, 1.165) is 31.5 Å². The number of rotatable bonds is 2. The minimum absolute atomic E-state index is 0.000231. The first-order chi connectivity index (χ1) is 7.74. The van der Waals surface area contributed by atoms with E-state index in [4.69, 9.17) is 5.11 Å². The van der Waals surface area contributed by atoms with Crippen molar-refractivity contribution in [3.63, 3.8) is 0 Å². The number of nitrogens with zero attached hydrogens (tertiary/aromatic N) is 1. The van der Waals surface area contributed by atoms with Crippen LogP contribution in [-0.4, -0.2) is 29.1 Å². The number of carboxylic acid groups (broad SMARTS) is 1. The molecule has 0 amide bonds. The molecule has 2 aliphatic rings. The van der Waals surface area contributed by atoms with Crippen LogP contribution in [-0.2, 0) is 5.41 Å². The average molecular weight is 217 g/mol. The quantitative estimate of drug-likeness (QED) is 0.770. The lowest BCUT2D eigenvalue weighted by molar-refractivity contribution is 0.0694. The van der Waals surface area contributed by atoms with E-state index in [0.29, 0.717) is 11.5 Å². The van der Waals surface area contributed by atoms with Crippen molar-refractivity contribution >= 4 is 5.97 Å². The maximum absolute atomic E-state index is 11.2. The predicted molar refractivity (Wildman–Crippen MR) is 57.3 cm³/mol. The second-order valence-corrected chi connectivity index (χ2v) is 4.67. The van der Waals surface area contributed by atoms with Gasteiger partial charge in [0.25, 0.3) is 0 Å². The lowest BCUT2D eigenvalue weighted by Crippen LogP contribution is -2.35. The van der Waals surface area contributed by atoms with Crippen molar-refractivity contribution in [1.82, 2.24) is 10.3 Å². The van der Waals surface area contributed by atoms with Crippen molar-refractivity contribution in [1.29, 1.82) is 0 Å². The third-order valence-electron chi connectivity index (χ3n) is 3.83. The maximum Gasteiger partial charge on any atom is 0.336 e. The van der Waals surface area contributed by atoms with Crippen LogP contribution in [0.5, 0.6) is 0 Å². The Morgan fingerprint density at radius 1 is 1.69 bits per heavy atom.